The molecule has 8 rings (SSSR count). The smallest absolute Gasteiger partial charge is 0.269 e. The fourth-order valence-corrected chi connectivity index (χ4v) is 8.59. The number of benzene rings is 8. The van der Waals surface area contributed by atoms with Gasteiger partial charge in [-0.15, -0.1) is 0 Å². The van der Waals surface area contributed by atoms with Crippen LogP contribution in [0.3, 0.4) is 0 Å². The van der Waals surface area contributed by atoms with Gasteiger partial charge in [0.05, 0.1) is 21.2 Å². The number of nitro groups is 2. The fraction of sp³-hybridized carbons (Fsp3) is 0.0545. The van der Waals surface area contributed by atoms with Gasteiger partial charge in [-0.1, -0.05) is 104 Å². The second kappa shape index (κ2) is 27.8. The molecule has 0 aliphatic rings. The van der Waals surface area contributed by atoms with Crippen LogP contribution < -0.4 is 30.0 Å². The Morgan fingerprint density at radius 3 is 1.27 bits per heavy atom. The zero-order chi connectivity index (χ0) is 55.5. The van der Waals surface area contributed by atoms with E-state index in [4.69, 9.17) is 26.2 Å². The summed E-state index contributed by atoms with van der Waals surface area (Å²) in [5, 5.41) is 30.7. The molecular formula is C55H47ClN6O14S2. The van der Waals surface area contributed by atoms with E-state index in [1.54, 1.807) is 48.5 Å². The number of rotatable bonds is 17. The SMILES string of the molecule is C.NS(=O)(=O)c1ccccc1NC(=O)c1cccc(OCc2ccccc2)c1.O=C(Cl)c1ccc([N+](=O)[O-])cc1.O=C(Nc1ccccc1S(=O)(=O)NC(=O)c1ccc([N+](=O)[O-])cc1)c1cccc(OCc2ccccc2)c1. The summed E-state index contributed by atoms with van der Waals surface area (Å²) < 4.78 is 62.7. The van der Waals surface area contributed by atoms with E-state index in [9.17, 15) is 56.2 Å². The van der Waals surface area contributed by atoms with Gasteiger partial charge in [0.2, 0.25) is 10.0 Å². The van der Waals surface area contributed by atoms with Crippen molar-refractivity contribution in [2.75, 3.05) is 10.6 Å². The van der Waals surface area contributed by atoms with Crippen LogP contribution in [-0.2, 0) is 33.3 Å². The lowest BCUT2D eigenvalue weighted by molar-refractivity contribution is -0.385. The van der Waals surface area contributed by atoms with E-state index >= 15 is 0 Å². The summed E-state index contributed by atoms with van der Waals surface area (Å²) in [7, 11) is -8.36. The molecule has 0 aliphatic heterocycles. The quantitative estimate of drug-likeness (QED) is 0.0375. The summed E-state index contributed by atoms with van der Waals surface area (Å²) in [6.07, 6.45) is 0. The first-order valence-electron chi connectivity index (χ1n) is 22.4. The number of hydrogen-bond donors (Lipinski definition) is 4. The molecule has 0 saturated heterocycles. The Labute approximate surface area is 452 Å². The van der Waals surface area contributed by atoms with E-state index in [1.807, 2.05) is 65.4 Å². The minimum atomic E-state index is -4.41. The second-order valence-corrected chi connectivity index (χ2v) is 19.4. The van der Waals surface area contributed by atoms with E-state index < -0.39 is 52.9 Å². The monoisotopic (exact) mass is 1110 g/mol. The molecule has 0 fully saturated rings. The normalized spacial score (nSPS) is 10.5. The number of nitro benzene ring substituents is 2. The average Bonchev–Trinajstić information content (AvgIpc) is 3.46. The first kappa shape index (κ1) is 59.3. The first-order valence-corrected chi connectivity index (χ1v) is 25.8. The molecule has 0 atom stereocenters. The van der Waals surface area contributed by atoms with E-state index in [2.05, 4.69) is 10.6 Å². The maximum absolute atomic E-state index is 13.0. The summed E-state index contributed by atoms with van der Waals surface area (Å²) in [6, 6.07) is 53.4. The molecule has 8 aromatic rings. The minimum absolute atomic E-state index is 0. The van der Waals surface area contributed by atoms with Gasteiger partial charge in [0.1, 0.15) is 34.5 Å². The van der Waals surface area contributed by atoms with Gasteiger partial charge in [0, 0.05) is 46.5 Å². The van der Waals surface area contributed by atoms with Crippen LogP contribution in [0.1, 0.15) is 60.0 Å². The molecule has 0 bridgehead atoms. The molecule has 0 aliphatic carbocycles. The number of sulfonamides is 2. The third-order valence-electron chi connectivity index (χ3n) is 10.4. The van der Waals surface area contributed by atoms with Gasteiger partial charge in [-0.05, 0) is 108 Å². The largest absolute Gasteiger partial charge is 0.489 e. The van der Waals surface area contributed by atoms with Gasteiger partial charge >= 0.3 is 0 Å². The molecule has 0 spiro atoms. The maximum Gasteiger partial charge on any atom is 0.269 e. The lowest BCUT2D eigenvalue weighted by Gasteiger charge is -2.13. The van der Waals surface area contributed by atoms with Crippen LogP contribution in [0, 0.1) is 20.2 Å². The standard InChI is InChI=1S/C27H21N3O7S.C20H18N2O4S.C7H4ClNO3.CH4/c31-26(21-9-6-10-23(17-21)37-18-19-7-2-1-3-8-19)28-24-11-4-5-12-25(24)38(35,36)29-27(32)20-13-15-22(16-14-20)30(33)34;21-27(24,25)19-12-5-4-11-18(19)22-20(23)16-9-6-10-17(13-16)26-14-15-7-2-1-3-8-15;8-7(10)5-1-3-6(4-2-5)9(11)12;/h1-17H,18H2,(H,28,31)(H,29,32);1-13H,14H2,(H,22,23)(H2,21,24,25);1-4H;1H4. The number of nitrogens with zero attached hydrogens (tertiary/aromatic N) is 2. The summed E-state index contributed by atoms with van der Waals surface area (Å²) in [5.41, 5.74) is 2.48. The van der Waals surface area contributed by atoms with Crippen molar-refractivity contribution in [1.29, 1.82) is 0 Å². The van der Waals surface area contributed by atoms with E-state index in [-0.39, 0.29) is 56.7 Å². The predicted octanol–water partition coefficient (Wildman–Crippen LogP) is 10.3. The van der Waals surface area contributed by atoms with Gasteiger partial charge in [-0.3, -0.25) is 39.4 Å². The molecule has 20 nitrogen and oxygen atoms in total. The Bertz CT molecular complexity index is 3620. The number of anilines is 2. The molecule has 0 unspecified atom stereocenters. The Balaban J connectivity index is 0.000000243. The van der Waals surface area contributed by atoms with E-state index in [1.165, 1.54) is 72.8 Å². The molecule has 78 heavy (non-hydrogen) atoms. The molecule has 8 aromatic carbocycles. The number of para-hydroxylation sites is 2. The number of nitrogens with one attached hydrogen (secondary N) is 3. The summed E-state index contributed by atoms with van der Waals surface area (Å²) >= 11 is 5.13. The highest BCUT2D eigenvalue weighted by Crippen LogP contribution is 2.25. The summed E-state index contributed by atoms with van der Waals surface area (Å²) in [4.78, 5) is 67.8. The highest BCUT2D eigenvalue weighted by Gasteiger charge is 2.24. The van der Waals surface area contributed by atoms with Crippen LogP contribution in [0.25, 0.3) is 0 Å². The molecule has 5 N–H and O–H groups in total. The Morgan fingerprint density at radius 2 is 0.859 bits per heavy atom. The van der Waals surface area contributed by atoms with Crippen molar-refractivity contribution in [2.24, 2.45) is 5.14 Å². The number of non-ortho nitro benzene ring substituents is 2. The van der Waals surface area contributed by atoms with Crippen molar-refractivity contribution in [3.8, 4) is 11.5 Å². The third-order valence-corrected chi connectivity index (χ3v) is 13.0. The average molecular weight is 1120 g/mol. The van der Waals surface area contributed by atoms with Gasteiger partial charge in [0.15, 0.2) is 0 Å². The van der Waals surface area contributed by atoms with Crippen LogP contribution in [0.2, 0.25) is 0 Å². The number of carbonyl (C=O) groups excluding carboxylic acids is 4. The van der Waals surface area contributed by atoms with E-state index in [0.29, 0.717) is 30.3 Å². The van der Waals surface area contributed by atoms with Gasteiger partial charge < -0.3 is 20.1 Å². The highest BCUT2D eigenvalue weighted by atomic mass is 35.5. The van der Waals surface area contributed by atoms with Crippen molar-refractivity contribution in [3.05, 3.63) is 260 Å². The Hall–Kier alpha value is -9.61. The number of halogens is 1. The van der Waals surface area contributed by atoms with Crippen LogP contribution in [0.5, 0.6) is 11.5 Å². The van der Waals surface area contributed by atoms with Crippen molar-refractivity contribution >= 4 is 77.4 Å². The first-order chi connectivity index (χ1) is 36.8. The molecule has 23 heteroatoms. The molecule has 0 aromatic heterocycles. The number of ether oxygens (including phenoxy) is 2. The molecule has 3 amide bonds. The van der Waals surface area contributed by atoms with Crippen LogP contribution >= 0.6 is 11.6 Å². The summed E-state index contributed by atoms with van der Waals surface area (Å²) in [6.45, 7) is 0.682. The lowest BCUT2D eigenvalue weighted by atomic mass is 10.2. The summed E-state index contributed by atoms with van der Waals surface area (Å²) in [5.74, 6) is -1.04. The Kier molecular flexibility index (Phi) is 21.1. The predicted molar refractivity (Wildman–Crippen MR) is 292 cm³/mol. The topological polar surface area (TPSA) is 303 Å². The number of primary sulfonamides is 1. The fourth-order valence-electron chi connectivity index (χ4n) is 6.63. The molecule has 0 radical (unpaired) electrons. The van der Waals surface area contributed by atoms with Crippen LogP contribution in [-0.4, -0.2) is 49.6 Å². The van der Waals surface area contributed by atoms with Crippen molar-refractivity contribution in [1.82, 2.24) is 4.72 Å². The lowest BCUT2D eigenvalue weighted by Crippen LogP contribution is -2.31. The molecule has 400 valence electrons. The zero-order valence-corrected chi connectivity index (χ0v) is 42.3. The van der Waals surface area contributed by atoms with Crippen LogP contribution in [0.15, 0.2) is 216 Å². The number of carbonyl (C=O) groups is 4. The number of hydrogen-bond acceptors (Lipinski definition) is 14. The molecular weight excluding hydrogens is 1070 g/mol. The zero-order valence-electron chi connectivity index (χ0n) is 39.9. The van der Waals surface area contributed by atoms with Gasteiger partial charge in [0.25, 0.3) is 44.4 Å². The van der Waals surface area contributed by atoms with Gasteiger partial charge in [-0.25, -0.2) is 26.7 Å². The maximum atomic E-state index is 13.0. The third kappa shape index (κ3) is 17.5. The minimum Gasteiger partial charge on any atom is -0.489 e. The molecule has 0 saturated carbocycles. The van der Waals surface area contributed by atoms with Gasteiger partial charge in [-0.2, -0.15) is 0 Å². The number of nitrogens with two attached hydrogens (primary N) is 1. The second-order valence-electron chi connectivity index (χ2n) is 15.9. The molecule has 0 heterocycles. The number of amides is 3. The highest BCUT2D eigenvalue weighted by molar-refractivity contribution is 7.90. The van der Waals surface area contributed by atoms with Crippen LogP contribution in [0.4, 0.5) is 22.7 Å². The van der Waals surface area contributed by atoms with Crippen molar-refractivity contribution in [3.63, 3.8) is 0 Å². The van der Waals surface area contributed by atoms with Crippen molar-refractivity contribution < 1.29 is 55.3 Å². The Morgan fingerprint density at radius 1 is 0.474 bits per heavy atom. The van der Waals surface area contributed by atoms with Crippen molar-refractivity contribution in [2.45, 2.75) is 30.4 Å². The van der Waals surface area contributed by atoms with E-state index in [0.717, 1.165) is 35.4 Å².